The normalized spacial score (nSPS) is 1.00. The smallest absolute Gasteiger partial charge is 0 e. The molecule has 0 aromatic rings. The Morgan fingerprint density at radius 1 is 1.25 bits per heavy atom. The molecular weight excluding hydrogens is 140 g/mol. The molecule has 0 aromatic heterocycles. The first kappa shape index (κ1) is 17.2. The quantitative estimate of drug-likeness (QED) is 0.370. The molecule has 0 aliphatic rings. The molecule has 0 N–H and O–H groups in total. The fraction of sp³-hybridized carbons (Fsp3) is 0. The van der Waals surface area contributed by atoms with E-state index in [9.17, 15) is 0 Å². The van der Waals surface area contributed by atoms with E-state index >= 15 is 0 Å². The summed E-state index contributed by atoms with van der Waals surface area (Å²) in [6.07, 6.45) is 0. The SMILES string of the molecule is O=[SiH2].[LiH].[Y]. The molecule has 0 saturated carbocycles. The first-order chi connectivity index (χ1) is 1.00. The van der Waals surface area contributed by atoms with Crippen LogP contribution in [-0.2, 0) is 37.2 Å². The molecule has 0 aliphatic heterocycles. The molecule has 4 heteroatoms. The molecule has 4 heavy (non-hydrogen) atoms. The van der Waals surface area contributed by atoms with Crippen LogP contribution in [0, 0.1) is 0 Å². The van der Waals surface area contributed by atoms with Gasteiger partial charge in [-0.25, -0.2) is 0 Å². The molecule has 0 heterocycles. The van der Waals surface area contributed by atoms with Gasteiger partial charge in [0.2, 0.25) is 10.1 Å². The van der Waals surface area contributed by atoms with Crippen LogP contribution < -0.4 is 0 Å². The molecule has 0 rings (SSSR count). The van der Waals surface area contributed by atoms with E-state index in [4.69, 9.17) is 4.46 Å². The van der Waals surface area contributed by atoms with Crippen LogP contribution in [0.15, 0.2) is 0 Å². The van der Waals surface area contributed by atoms with Crippen LogP contribution in [0.2, 0.25) is 0 Å². The van der Waals surface area contributed by atoms with Gasteiger partial charge in [-0.2, -0.15) is 0 Å². The van der Waals surface area contributed by atoms with Crippen molar-refractivity contribution in [1.29, 1.82) is 0 Å². The van der Waals surface area contributed by atoms with Crippen molar-refractivity contribution < 1.29 is 37.2 Å². The van der Waals surface area contributed by atoms with E-state index in [1.165, 1.54) is 0 Å². The summed E-state index contributed by atoms with van der Waals surface area (Å²) in [5.74, 6) is 0. The predicted octanol–water partition coefficient (Wildman–Crippen LogP) is -1.69. The molecule has 0 aromatic carbocycles. The summed E-state index contributed by atoms with van der Waals surface area (Å²) in [4.78, 5) is 0. The molecular formula is H3LiOSiY. The third-order valence-corrected chi connectivity index (χ3v) is 0. The Hall–Kier alpha value is 1.72. The fourth-order valence-corrected chi connectivity index (χ4v) is 0. The maximum Gasteiger partial charge on any atom is 0 e. The molecule has 0 bridgehead atoms. The largest absolute Gasteiger partial charge is 0 e. The average Bonchev–Trinajstić information content (AvgIpc) is 1.00. The maximum absolute atomic E-state index is 8.28. The minimum Gasteiger partial charge on any atom is 0 e. The Kier molecular flexibility index (Phi) is 95.2. The molecule has 1 radical (unpaired) electrons. The van der Waals surface area contributed by atoms with Crippen molar-refractivity contribution >= 4 is 29.0 Å². The first-order valence-corrected chi connectivity index (χ1v) is 0.866. The van der Waals surface area contributed by atoms with Crippen LogP contribution in [0.4, 0.5) is 0 Å². The van der Waals surface area contributed by atoms with Crippen LogP contribution in [0.1, 0.15) is 0 Å². The Labute approximate surface area is 65.5 Å². The van der Waals surface area contributed by atoms with Crippen LogP contribution >= 0.6 is 0 Å². The molecule has 0 atom stereocenters. The Bertz CT molecular complexity index is 8.00. The van der Waals surface area contributed by atoms with Gasteiger partial charge >= 0.3 is 18.9 Å². The number of hydrogen-bond donors (Lipinski definition) is 0. The Balaban J connectivity index is -0.00000000500. The standard InChI is InChI=1S/Li.H2OSi.Y.H/c;1-2;;/h;2H2;;. The predicted molar refractivity (Wildman–Crippen MR) is 16.4 cm³/mol. The minimum absolute atomic E-state index is 0. The average molecular weight is 143 g/mol. The summed E-state index contributed by atoms with van der Waals surface area (Å²) in [6.45, 7) is 0. The van der Waals surface area contributed by atoms with Crippen molar-refractivity contribution in [1.82, 2.24) is 0 Å². The first-order valence-electron chi connectivity index (χ1n) is 0.289. The van der Waals surface area contributed by atoms with Gasteiger partial charge in [-0.3, -0.25) is 0 Å². The van der Waals surface area contributed by atoms with Crippen molar-refractivity contribution in [3.05, 3.63) is 0 Å². The summed E-state index contributed by atoms with van der Waals surface area (Å²) in [7, 11) is 0.611. The van der Waals surface area contributed by atoms with Gasteiger partial charge in [0.15, 0.2) is 0 Å². The van der Waals surface area contributed by atoms with Crippen LogP contribution in [-0.4, -0.2) is 29.0 Å². The van der Waals surface area contributed by atoms with Crippen molar-refractivity contribution in [3.8, 4) is 0 Å². The zero-order valence-electron chi connectivity index (χ0n) is 1.69. The van der Waals surface area contributed by atoms with Gasteiger partial charge in [0.05, 0.1) is 0 Å². The maximum atomic E-state index is 8.28. The van der Waals surface area contributed by atoms with E-state index in [2.05, 4.69) is 0 Å². The molecule has 0 amide bonds. The second-order valence-electron chi connectivity index (χ2n) is 0. The van der Waals surface area contributed by atoms with E-state index in [0.717, 1.165) is 0 Å². The molecule has 0 unspecified atom stereocenters. The van der Waals surface area contributed by atoms with Gasteiger partial charge in [-0.15, -0.1) is 0 Å². The van der Waals surface area contributed by atoms with E-state index in [1.54, 1.807) is 0 Å². The van der Waals surface area contributed by atoms with Gasteiger partial charge < -0.3 is 4.46 Å². The van der Waals surface area contributed by atoms with Crippen LogP contribution in [0.5, 0.6) is 0 Å². The van der Waals surface area contributed by atoms with Gasteiger partial charge in [0, 0.05) is 32.7 Å². The van der Waals surface area contributed by atoms with Crippen molar-refractivity contribution in [2.45, 2.75) is 0 Å². The van der Waals surface area contributed by atoms with E-state index in [1.807, 2.05) is 0 Å². The third-order valence-electron chi connectivity index (χ3n) is 0. The zero-order chi connectivity index (χ0) is 2.00. The second kappa shape index (κ2) is 22.1. The summed E-state index contributed by atoms with van der Waals surface area (Å²) in [6, 6.07) is 0. The van der Waals surface area contributed by atoms with Crippen LogP contribution in [0.3, 0.4) is 0 Å². The van der Waals surface area contributed by atoms with Gasteiger partial charge in [-0.1, -0.05) is 0 Å². The topological polar surface area (TPSA) is 17.1 Å². The summed E-state index contributed by atoms with van der Waals surface area (Å²) >= 11 is 0. The third kappa shape index (κ3) is 9.31. The van der Waals surface area contributed by atoms with Crippen molar-refractivity contribution in [2.75, 3.05) is 0 Å². The molecule has 0 aliphatic carbocycles. The molecule has 17 valence electrons. The Morgan fingerprint density at radius 3 is 1.25 bits per heavy atom. The summed E-state index contributed by atoms with van der Waals surface area (Å²) in [5, 5.41) is 0. The second-order valence-corrected chi connectivity index (χ2v) is 0. The van der Waals surface area contributed by atoms with Gasteiger partial charge in [0.25, 0.3) is 0 Å². The van der Waals surface area contributed by atoms with Gasteiger partial charge in [0.1, 0.15) is 0 Å². The summed E-state index contributed by atoms with van der Waals surface area (Å²) < 4.78 is 8.28. The molecule has 0 fully saturated rings. The van der Waals surface area contributed by atoms with Crippen LogP contribution in [0.25, 0.3) is 0 Å². The number of hydrogen-bond acceptors (Lipinski definition) is 1. The molecule has 0 spiro atoms. The monoisotopic (exact) mass is 143 g/mol. The zero-order valence-corrected chi connectivity index (χ0v) is 5.95. The molecule has 0 saturated heterocycles. The van der Waals surface area contributed by atoms with E-state index in [0.29, 0.717) is 10.1 Å². The fourth-order valence-electron chi connectivity index (χ4n) is 0. The van der Waals surface area contributed by atoms with E-state index < -0.39 is 0 Å². The minimum atomic E-state index is 0. The molecule has 1 nitrogen and oxygen atoms in total. The number of rotatable bonds is 0. The van der Waals surface area contributed by atoms with Gasteiger partial charge in [-0.05, 0) is 0 Å². The van der Waals surface area contributed by atoms with E-state index in [-0.39, 0.29) is 51.6 Å². The van der Waals surface area contributed by atoms with Crippen molar-refractivity contribution in [3.63, 3.8) is 0 Å². The summed E-state index contributed by atoms with van der Waals surface area (Å²) in [5.41, 5.74) is 0. The Morgan fingerprint density at radius 2 is 1.25 bits per heavy atom. The van der Waals surface area contributed by atoms with Crippen molar-refractivity contribution in [2.24, 2.45) is 0 Å².